The quantitative estimate of drug-likeness (QED) is 0.437. The Labute approximate surface area is 111 Å². The molecule has 0 unspecified atom stereocenters. The van der Waals surface area contributed by atoms with Gasteiger partial charge in [-0.15, -0.1) is 0 Å². The number of benzene rings is 1. The molecule has 0 amide bonds. The first-order chi connectivity index (χ1) is 8.26. The second kappa shape index (κ2) is 8.29. The Bertz CT molecular complexity index is 333. The van der Waals surface area contributed by atoms with Gasteiger partial charge >= 0.3 is 5.97 Å². The van der Waals surface area contributed by atoms with Crippen molar-refractivity contribution in [2.24, 2.45) is 0 Å². The molecule has 0 atom stereocenters. The van der Waals surface area contributed by atoms with Crippen LogP contribution >= 0.6 is 15.9 Å². The topological polar surface area (TPSA) is 26.3 Å². The molecular weight excluding hydrogens is 280 g/mol. The highest BCUT2D eigenvalue weighted by molar-refractivity contribution is 9.09. The summed E-state index contributed by atoms with van der Waals surface area (Å²) in [5.41, 5.74) is 2.35. The van der Waals surface area contributed by atoms with Gasteiger partial charge in [0.05, 0.1) is 13.0 Å². The van der Waals surface area contributed by atoms with E-state index in [9.17, 15) is 4.79 Å². The number of aryl methyl sites for hydroxylation is 1. The maximum Gasteiger partial charge on any atom is 0.310 e. The zero-order chi connectivity index (χ0) is 12.5. The molecule has 0 fully saturated rings. The van der Waals surface area contributed by atoms with Crippen molar-refractivity contribution in [1.82, 2.24) is 0 Å². The van der Waals surface area contributed by atoms with E-state index in [0.717, 1.165) is 17.3 Å². The van der Waals surface area contributed by atoms with Gasteiger partial charge < -0.3 is 4.74 Å². The summed E-state index contributed by atoms with van der Waals surface area (Å²) in [7, 11) is 0. The van der Waals surface area contributed by atoms with Gasteiger partial charge in [0, 0.05) is 5.33 Å². The van der Waals surface area contributed by atoms with E-state index in [2.05, 4.69) is 28.1 Å². The number of alkyl halides is 1. The molecule has 1 aromatic rings. The summed E-state index contributed by atoms with van der Waals surface area (Å²) in [5, 5.41) is 1.06. The monoisotopic (exact) mass is 298 g/mol. The second-order valence-electron chi connectivity index (χ2n) is 3.94. The van der Waals surface area contributed by atoms with Crippen LogP contribution in [0.4, 0.5) is 0 Å². The van der Waals surface area contributed by atoms with Crippen LogP contribution in [0.2, 0.25) is 0 Å². The van der Waals surface area contributed by atoms with Gasteiger partial charge in [0.15, 0.2) is 0 Å². The maximum absolute atomic E-state index is 11.3. The third-order valence-electron chi connectivity index (χ3n) is 2.53. The van der Waals surface area contributed by atoms with Gasteiger partial charge in [0.25, 0.3) is 0 Å². The van der Waals surface area contributed by atoms with Crippen LogP contribution in [-0.4, -0.2) is 17.9 Å². The Hall–Kier alpha value is -0.830. The molecule has 0 aliphatic carbocycles. The molecule has 0 spiro atoms. The summed E-state index contributed by atoms with van der Waals surface area (Å²) in [5.74, 6) is -0.153. The van der Waals surface area contributed by atoms with Crippen LogP contribution in [0.15, 0.2) is 24.3 Å². The Morgan fingerprint density at radius 1 is 1.18 bits per heavy atom. The van der Waals surface area contributed by atoms with Crippen LogP contribution < -0.4 is 0 Å². The number of carbonyl (C=O) groups is 1. The number of halogens is 1. The standard InChI is InChI=1S/C14H19BrO2/c1-2-17-14(16)11-13-8-6-12(7-9-13)5-3-4-10-15/h6-9H,2-5,10-11H2,1H3. The Morgan fingerprint density at radius 2 is 1.82 bits per heavy atom. The van der Waals surface area contributed by atoms with E-state index in [1.54, 1.807) is 0 Å². The molecule has 0 saturated heterocycles. The molecule has 1 aromatic carbocycles. The number of ether oxygens (including phenoxy) is 1. The van der Waals surface area contributed by atoms with Crippen molar-refractivity contribution in [3.05, 3.63) is 35.4 Å². The van der Waals surface area contributed by atoms with Crippen LogP contribution in [0.3, 0.4) is 0 Å². The lowest BCUT2D eigenvalue weighted by Crippen LogP contribution is -2.07. The summed E-state index contributed by atoms with van der Waals surface area (Å²) >= 11 is 3.42. The molecular formula is C14H19BrO2. The molecule has 17 heavy (non-hydrogen) atoms. The first-order valence-corrected chi connectivity index (χ1v) is 7.17. The number of esters is 1. The molecule has 0 heterocycles. The lowest BCUT2D eigenvalue weighted by atomic mass is 10.1. The van der Waals surface area contributed by atoms with Crippen molar-refractivity contribution >= 4 is 21.9 Å². The largest absolute Gasteiger partial charge is 0.466 e. The molecule has 94 valence electrons. The molecule has 0 bridgehead atoms. The van der Waals surface area contributed by atoms with Crippen molar-refractivity contribution in [2.75, 3.05) is 11.9 Å². The van der Waals surface area contributed by atoms with Gasteiger partial charge in [-0.3, -0.25) is 4.79 Å². The van der Waals surface area contributed by atoms with Gasteiger partial charge in [-0.25, -0.2) is 0 Å². The highest BCUT2D eigenvalue weighted by Gasteiger charge is 2.03. The molecule has 0 N–H and O–H groups in total. The third kappa shape index (κ3) is 5.87. The summed E-state index contributed by atoms with van der Waals surface area (Å²) in [6, 6.07) is 8.23. The summed E-state index contributed by atoms with van der Waals surface area (Å²) in [4.78, 5) is 11.3. The van der Waals surface area contributed by atoms with E-state index >= 15 is 0 Å². The fourth-order valence-corrected chi connectivity index (χ4v) is 2.02. The average Bonchev–Trinajstić information content (AvgIpc) is 2.32. The molecule has 0 radical (unpaired) electrons. The molecule has 0 aliphatic rings. The minimum absolute atomic E-state index is 0.153. The first kappa shape index (κ1) is 14.2. The van der Waals surface area contributed by atoms with E-state index in [0.29, 0.717) is 13.0 Å². The minimum atomic E-state index is -0.153. The van der Waals surface area contributed by atoms with Gasteiger partial charge in [-0.2, -0.15) is 0 Å². The number of carbonyl (C=O) groups excluding carboxylic acids is 1. The highest BCUT2D eigenvalue weighted by atomic mass is 79.9. The number of hydrogen-bond acceptors (Lipinski definition) is 2. The summed E-state index contributed by atoms with van der Waals surface area (Å²) in [6.45, 7) is 2.27. The van der Waals surface area contributed by atoms with Crippen molar-refractivity contribution in [2.45, 2.75) is 32.6 Å². The summed E-state index contributed by atoms with van der Waals surface area (Å²) in [6.07, 6.45) is 3.87. The van der Waals surface area contributed by atoms with E-state index in [1.165, 1.54) is 18.4 Å². The predicted octanol–water partition coefficient (Wildman–Crippen LogP) is 3.51. The summed E-state index contributed by atoms with van der Waals surface area (Å²) < 4.78 is 4.91. The van der Waals surface area contributed by atoms with E-state index in [4.69, 9.17) is 4.74 Å². The van der Waals surface area contributed by atoms with Gasteiger partial charge in [0.1, 0.15) is 0 Å². The predicted molar refractivity (Wildman–Crippen MR) is 73.5 cm³/mol. The molecule has 0 aliphatic heterocycles. The van der Waals surface area contributed by atoms with Crippen LogP contribution in [0.5, 0.6) is 0 Å². The van der Waals surface area contributed by atoms with E-state index < -0.39 is 0 Å². The van der Waals surface area contributed by atoms with Gasteiger partial charge in [0.2, 0.25) is 0 Å². The molecule has 1 rings (SSSR count). The van der Waals surface area contributed by atoms with Gasteiger partial charge in [-0.1, -0.05) is 40.2 Å². The maximum atomic E-state index is 11.3. The van der Waals surface area contributed by atoms with Crippen LogP contribution in [0.25, 0.3) is 0 Å². The smallest absolute Gasteiger partial charge is 0.310 e. The fourth-order valence-electron chi connectivity index (χ4n) is 1.63. The third-order valence-corrected chi connectivity index (χ3v) is 3.09. The van der Waals surface area contributed by atoms with Gasteiger partial charge in [-0.05, 0) is 37.3 Å². The van der Waals surface area contributed by atoms with E-state index in [1.807, 2.05) is 19.1 Å². The average molecular weight is 299 g/mol. The van der Waals surface area contributed by atoms with Crippen molar-refractivity contribution in [3.8, 4) is 0 Å². The molecule has 3 heteroatoms. The van der Waals surface area contributed by atoms with Crippen molar-refractivity contribution < 1.29 is 9.53 Å². The SMILES string of the molecule is CCOC(=O)Cc1ccc(CCCCBr)cc1. The molecule has 0 aromatic heterocycles. The first-order valence-electron chi connectivity index (χ1n) is 6.05. The number of unbranched alkanes of at least 4 members (excludes halogenated alkanes) is 1. The number of hydrogen-bond donors (Lipinski definition) is 0. The van der Waals surface area contributed by atoms with E-state index in [-0.39, 0.29) is 5.97 Å². The van der Waals surface area contributed by atoms with Crippen molar-refractivity contribution in [3.63, 3.8) is 0 Å². The molecule has 2 nitrogen and oxygen atoms in total. The van der Waals surface area contributed by atoms with Crippen LogP contribution in [0.1, 0.15) is 30.9 Å². The Balaban J connectivity index is 2.41. The molecule has 0 saturated carbocycles. The minimum Gasteiger partial charge on any atom is -0.466 e. The Morgan fingerprint density at radius 3 is 2.41 bits per heavy atom. The second-order valence-corrected chi connectivity index (χ2v) is 4.74. The Kier molecular flexibility index (Phi) is 6.94. The van der Waals surface area contributed by atoms with Crippen LogP contribution in [0, 0.1) is 0 Å². The normalized spacial score (nSPS) is 10.2. The van der Waals surface area contributed by atoms with Crippen molar-refractivity contribution in [1.29, 1.82) is 0 Å². The van der Waals surface area contributed by atoms with Crippen LogP contribution in [-0.2, 0) is 22.4 Å². The zero-order valence-electron chi connectivity index (χ0n) is 10.2. The lowest BCUT2D eigenvalue weighted by Gasteiger charge is -2.04. The highest BCUT2D eigenvalue weighted by Crippen LogP contribution is 2.09. The fraction of sp³-hybridized carbons (Fsp3) is 0.500. The zero-order valence-corrected chi connectivity index (χ0v) is 11.8. The lowest BCUT2D eigenvalue weighted by molar-refractivity contribution is -0.142. The number of rotatable bonds is 7.